The zero-order valence-electron chi connectivity index (χ0n) is 20.3. The molecule has 4 aromatic carbocycles. The highest BCUT2D eigenvalue weighted by atomic mass is 14.7. The lowest BCUT2D eigenvalue weighted by Gasteiger charge is -2.16. The average Bonchev–Trinajstić information content (AvgIpc) is 3.21. The number of hydrogen-bond donors (Lipinski definition) is 0. The number of rotatable bonds is 3. The molecule has 0 N–H and O–H groups in total. The summed E-state index contributed by atoms with van der Waals surface area (Å²) in [6, 6.07) is 31.4. The maximum absolute atomic E-state index is 5.33. The molecule has 0 fully saturated rings. The van der Waals surface area contributed by atoms with Crippen molar-refractivity contribution in [2.24, 2.45) is 0 Å². The van der Waals surface area contributed by atoms with Gasteiger partial charge in [-0.1, -0.05) is 92.2 Å². The van der Waals surface area contributed by atoms with Crippen molar-refractivity contribution in [1.82, 2.24) is 4.98 Å². The van der Waals surface area contributed by atoms with E-state index < -0.39 is 0 Å². The Morgan fingerprint density at radius 2 is 1.47 bits per heavy atom. The van der Waals surface area contributed by atoms with Crippen molar-refractivity contribution in [3.05, 3.63) is 113 Å². The van der Waals surface area contributed by atoms with Crippen molar-refractivity contribution in [1.29, 1.82) is 0 Å². The molecule has 0 atom stereocenters. The van der Waals surface area contributed by atoms with Gasteiger partial charge in [0.05, 0.1) is 11.4 Å². The molecule has 1 heterocycles. The first-order chi connectivity index (χ1) is 16.5. The minimum Gasteiger partial charge on any atom is -0.247 e. The van der Waals surface area contributed by atoms with Crippen LogP contribution in [0.25, 0.3) is 44.4 Å². The number of benzene rings is 4. The van der Waals surface area contributed by atoms with E-state index in [9.17, 15) is 0 Å². The number of hydrogen-bond acceptors (Lipinski definition) is 1. The molecule has 166 valence electrons. The summed E-state index contributed by atoms with van der Waals surface area (Å²) < 4.78 is 0. The van der Waals surface area contributed by atoms with Gasteiger partial charge in [0, 0.05) is 16.5 Å². The van der Waals surface area contributed by atoms with Gasteiger partial charge in [-0.15, -0.1) is 0 Å². The van der Waals surface area contributed by atoms with Crippen LogP contribution in [-0.2, 0) is 6.42 Å². The Kier molecular flexibility index (Phi) is 4.88. The third-order valence-electron chi connectivity index (χ3n) is 7.19. The summed E-state index contributed by atoms with van der Waals surface area (Å²) in [5, 5.41) is 2.49. The number of pyridine rings is 1. The average molecular weight is 440 g/mol. The summed E-state index contributed by atoms with van der Waals surface area (Å²) in [6.07, 6.45) is 0.961. The smallest absolute Gasteiger partial charge is 0.0791 e. The van der Waals surface area contributed by atoms with E-state index in [1.54, 1.807) is 0 Å². The third-order valence-corrected chi connectivity index (χ3v) is 7.19. The summed E-state index contributed by atoms with van der Waals surface area (Å²) >= 11 is 0. The van der Waals surface area contributed by atoms with Gasteiger partial charge >= 0.3 is 0 Å². The Morgan fingerprint density at radius 3 is 2.26 bits per heavy atom. The SMILES string of the molecule is Cc1ccc(-c2cc3cc(C(C)C)ccc3c(-c3cc(C)cc4c3Cc3ccccc3-4)n2)cc1. The zero-order valence-corrected chi connectivity index (χ0v) is 20.3. The minimum atomic E-state index is 0.488. The predicted octanol–water partition coefficient (Wildman–Crippen LogP) is 8.88. The normalized spacial score (nSPS) is 12.3. The minimum absolute atomic E-state index is 0.488. The highest BCUT2D eigenvalue weighted by Crippen LogP contribution is 2.44. The molecule has 0 radical (unpaired) electrons. The van der Waals surface area contributed by atoms with Gasteiger partial charge in [-0.25, -0.2) is 4.98 Å². The van der Waals surface area contributed by atoms with E-state index in [1.165, 1.54) is 55.3 Å². The fraction of sp³-hybridized carbons (Fsp3) is 0.182. The van der Waals surface area contributed by atoms with Crippen LogP contribution in [0.15, 0.2) is 84.9 Å². The van der Waals surface area contributed by atoms with Crippen LogP contribution in [0.3, 0.4) is 0 Å². The first-order valence-corrected chi connectivity index (χ1v) is 12.2. The second-order valence-corrected chi connectivity index (χ2v) is 10.0. The molecule has 0 amide bonds. The Morgan fingerprint density at radius 1 is 0.706 bits per heavy atom. The van der Waals surface area contributed by atoms with Crippen molar-refractivity contribution < 1.29 is 0 Å². The van der Waals surface area contributed by atoms with E-state index in [4.69, 9.17) is 4.98 Å². The van der Waals surface area contributed by atoms with Gasteiger partial charge in [0.2, 0.25) is 0 Å². The van der Waals surface area contributed by atoms with E-state index in [0.717, 1.165) is 23.4 Å². The molecule has 1 aliphatic carbocycles. The standard InChI is InChI=1S/C33H29N/c1-20(2)24-13-14-28-26(17-24)19-32(23-11-9-21(3)10-12-23)34-33(28)31-16-22(4)15-29-27-8-6-5-7-25(27)18-30(29)31/h5-17,19-20H,18H2,1-4H3. The van der Waals surface area contributed by atoms with E-state index in [1.807, 2.05) is 0 Å². The molecule has 1 aromatic heterocycles. The molecule has 0 aliphatic heterocycles. The quantitative estimate of drug-likeness (QED) is 0.268. The second kappa shape index (κ2) is 7.95. The summed E-state index contributed by atoms with van der Waals surface area (Å²) in [5.74, 6) is 0.488. The predicted molar refractivity (Wildman–Crippen MR) is 144 cm³/mol. The van der Waals surface area contributed by atoms with Gasteiger partial charge in [-0.3, -0.25) is 0 Å². The van der Waals surface area contributed by atoms with Crippen molar-refractivity contribution in [3.8, 4) is 33.6 Å². The highest BCUT2D eigenvalue weighted by Gasteiger charge is 2.24. The molecule has 1 aliphatic rings. The summed E-state index contributed by atoms with van der Waals surface area (Å²) in [7, 11) is 0. The van der Waals surface area contributed by atoms with Crippen LogP contribution in [0.1, 0.15) is 47.6 Å². The molecular weight excluding hydrogens is 410 g/mol. The maximum atomic E-state index is 5.33. The van der Waals surface area contributed by atoms with E-state index in [0.29, 0.717) is 5.92 Å². The fourth-order valence-electron chi connectivity index (χ4n) is 5.30. The van der Waals surface area contributed by atoms with Crippen LogP contribution in [0, 0.1) is 13.8 Å². The van der Waals surface area contributed by atoms with Crippen LogP contribution in [0.4, 0.5) is 0 Å². The van der Waals surface area contributed by atoms with Gasteiger partial charge in [0.1, 0.15) is 0 Å². The summed E-state index contributed by atoms with van der Waals surface area (Å²) in [5.41, 5.74) is 14.0. The van der Waals surface area contributed by atoms with Crippen LogP contribution in [-0.4, -0.2) is 4.98 Å². The second-order valence-electron chi connectivity index (χ2n) is 10.0. The Hall–Kier alpha value is -3.71. The maximum Gasteiger partial charge on any atom is 0.0791 e. The molecular formula is C33H29N. The molecule has 34 heavy (non-hydrogen) atoms. The van der Waals surface area contributed by atoms with Gasteiger partial charge in [0.15, 0.2) is 0 Å². The van der Waals surface area contributed by atoms with Crippen molar-refractivity contribution >= 4 is 10.8 Å². The van der Waals surface area contributed by atoms with Crippen molar-refractivity contribution in [2.75, 3.05) is 0 Å². The monoisotopic (exact) mass is 439 g/mol. The summed E-state index contributed by atoms with van der Waals surface area (Å²) in [4.78, 5) is 5.33. The Bertz CT molecular complexity index is 1550. The molecule has 0 unspecified atom stereocenters. The van der Waals surface area contributed by atoms with Gasteiger partial charge in [-0.05, 0) is 77.1 Å². The third kappa shape index (κ3) is 3.44. The van der Waals surface area contributed by atoms with Gasteiger partial charge in [-0.2, -0.15) is 0 Å². The number of aromatic nitrogens is 1. The number of fused-ring (bicyclic) bond motifs is 4. The summed E-state index contributed by atoms with van der Waals surface area (Å²) in [6.45, 7) is 8.85. The largest absolute Gasteiger partial charge is 0.247 e. The first-order valence-electron chi connectivity index (χ1n) is 12.2. The molecule has 1 heteroatoms. The van der Waals surface area contributed by atoms with E-state index in [-0.39, 0.29) is 0 Å². The van der Waals surface area contributed by atoms with Crippen molar-refractivity contribution in [2.45, 2.75) is 40.0 Å². The zero-order chi connectivity index (χ0) is 23.4. The lowest BCUT2D eigenvalue weighted by Crippen LogP contribution is -1.97. The van der Waals surface area contributed by atoms with Crippen LogP contribution < -0.4 is 0 Å². The lowest BCUT2D eigenvalue weighted by molar-refractivity contribution is 0.869. The van der Waals surface area contributed by atoms with Crippen LogP contribution in [0.2, 0.25) is 0 Å². The molecule has 0 saturated carbocycles. The Balaban J connectivity index is 1.65. The Labute approximate surface area is 202 Å². The van der Waals surface area contributed by atoms with Crippen molar-refractivity contribution in [3.63, 3.8) is 0 Å². The molecule has 0 spiro atoms. The van der Waals surface area contributed by atoms with Gasteiger partial charge in [0.25, 0.3) is 0 Å². The molecule has 5 aromatic rings. The molecule has 0 bridgehead atoms. The van der Waals surface area contributed by atoms with Crippen LogP contribution >= 0.6 is 0 Å². The lowest BCUT2D eigenvalue weighted by atomic mass is 9.91. The van der Waals surface area contributed by atoms with Gasteiger partial charge < -0.3 is 0 Å². The van der Waals surface area contributed by atoms with E-state index >= 15 is 0 Å². The molecule has 1 nitrogen and oxygen atoms in total. The first kappa shape index (κ1) is 20.9. The number of nitrogens with zero attached hydrogens (tertiary/aromatic N) is 1. The topological polar surface area (TPSA) is 12.9 Å². The molecule has 0 saturated heterocycles. The van der Waals surface area contributed by atoms with Crippen LogP contribution in [0.5, 0.6) is 0 Å². The van der Waals surface area contributed by atoms with E-state index in [2.05, 4.69) is 113 Å². The number of aryl methyl sites for hydroxylation is 2. The molecule has 6 rings (SSSR count). The highest BCUT2D eigenvalue weighted by molar-refractivity contribution is 6.00. The fourth-order valence-corrected chi connectivity index (χ4v) is 5.30.